The van der Waals surface area contributed by atoms with Crippen LogP contribution in [0.25, 0.3) is 0 Å². The second-order valence-electron chi connectivity index (χ2n) is 5.18. The molecule has 0 aliphatic heterocycles. The van der Waals surface area contributed by atoms with Crippen molar-refractivity contribution in [3.05, 3.63) is 49.9 Å². The molecule has 0 amide bonds. The molecule has 2 aromatic rings. The third kappa shape index (κ3) is 5.26. The highest BCUT2D eigenvalue weighted by Gasteiger charge is 2.14. The van der Waals surface area contributed by atoms with Crippen molar-refractivity contribution in [2.75, 3.05) is 6.54 Å². The number of halogens is 2. The van der Waals surface area contributed by atoms with E-state index in [0.29, 0.717) is 11.1 Å². The van der Waals surface area contributed by atoms with E-state index in [1.54, 1.807) is 11.3 Å². The minimum Gasteiger partial charge on any atom is -0.313 e. The number of hydrogen-bond acceptors (Lipinski definition) is 3. The van der Waals surface area contributed by atoms with Gasteiger partial charge in [0.25, 0.3) is 0 Å². The maximum atomic E-state index is 6.29. The predicted molar refractivity (Wildman–Crippen MR) is 92.8 cm³/mol. The molecule has 1 atom stereocenters. The van der Waals surface area contributed by atoms with Gasteiger partial charge in [0.1, 0.15) is 0 Å². The van der Waals surface area contributed by atoms with Crippen LogP contribution in [0.15, 0.2) is 23.6 Å². The van der Waals surface area contributed by atoms with Crippen LogP contribution in [0.5, 0.6) is 0 Å². The van der Waals surface area contributed by atoms with Gasteiger partial charge in [-0.05, 0) is 44.0 Å². The van der Waals surface area contributed by atoms with Gasteiger partial charge >= 0.3 is 0 Å². The normalized spacial score (nSPS) is 12.6. The summed E-state index contributed by atoms with van der Waals surface area (Å²) in [6.07, 6.45) is 2.92. The maximum absolute atomic E-state index is 6.29. The molecule has 1 aromatic carbocycles. The molecule has 114 valence electrons. The van der Waals surface area contributed by atoms with Gasteiger partial charge in [-0.2, -0.15) is 0 Å². The second kappa shape index (κ2) is 8.14. The number of benzene rings is 1. The summed E-state index contributed by atoms with van der Waals surface area (Å²) in [5.41, 5.74) is 2.22. The lowest BCUT2D eigenvalue weighted by Crippen LogP contribution is -2.33. The number of nitrogens with zero attached hydrogens (tertiary/aromatic N) is 1. The van der Waals surface area contributed by atoms with Crippen molar-refractivity contribution < 1.29 is 0 Å². The van der Waals surface area contributed by atoms with E-state index in [9.17, 15) is 0 Å². The Morgan fingerprint density at radius 2 is 2.10 bits per heavy atom. The van der Waals surface area contributed by atoms with Crippen molar-refractivity contribution >= 4 is 34.5 Å². The van der Waals surface area contributed by atoms with Gasteiger partial charge in [-0.3, -0.25) is 0 Å². The van der Waals surface area contributed by atoms with Crippen molar-refractivity contribution in [1.29, 1.82) is 0 Å². The summed E-state index contributed by atoms with van der Waals surface area (Å²) in [5.74, 6) is 0. The molecular formula is C16H20Cl2N2S. The van der Waals surface area contributed by atoms with Gasteiger partial charge in [-0.1, -0.05) is 36.2 Å². The Balaban J connectivity index is 2.08. The Labute approximate surface area is 140 Å². The lowest BCUT2D eigenvalue weighted by Gasteiger charge is -2.18. The molecule has 1 aromatic heterocycles. The van der Waals surface area contributed by atoms with Gasteiger partial charge in [0, 0.05) is 33.6 Å². The molecule has 5 heteroatoms. The van der Waals surface area contributed by atoms with Crippen LogP contribution in [-0.2, 0) is 12.8 Å². The fourth-order valence-electron chi connectivity index (χ4n) is 2.22. The zero-order chi connectivity index (χ0) is 15.2. The molecule has 0 bridgehead atoms. The highest BCUT2D eigenvalue weighted by molar-refractivity contribution is 7.09. The Kier molecular flexibility index (Phi) is 6.49. The molecule has 0 radical (unpaired) electrons. The van der Waals surface area contributed by atoms with Crippen LogP contribution in [0.3, 0.4) is 0 Å². The van der Waals surface area contributed by atoms with E-state index >= 15 is 0 Å². The summed E-state index contributed by atoms with van der Waals surface area (Å²) < 4.78 is 0. The number of nitrogens with one attached hydrogen (secondary N) is 1. The van der Waals surface area contributed by atoms with Crippen LogP contribution in [-0.4, -0.2) is 17.6 Å². The van der Waals surface area contributed by atoms with Crippen LogP contribution in [0, 0.1) is 6.92 Å². The van der Waals surface area contributed by atoms with E-state index < -0.39 is 0 Å². The quantitative estimate of drug-likeness (QED) is 0.772. The van der Waals surface area contributed by atoms with Gasteiger partial charge in [0.15, 0.2) is 0 Å². The average Bonchev–Trinajstić information content (AvgIpc) is 2.84. The van der Waals surface area contributed by atoms with Crippen LogP contribution in [0.1, 0.15) is 29.6 Å². The summed E-state index contributed by atoms with van der Waals surface area (Å²) in [4.78, 5) is 4.56. The van der Waals surface area contributed by atoms with Gasteiger partial charge in [-0.25, -0.2) is 4.98 Å². The van der Waals surface area contributed by atoms with Gasteiger partial charge in [0.05, 0.1) is 5.01 Å². The Hall–Kier alpha value is -0.610. The summed E-state index contributed by atoms with van der Waals surface area (Å²) in [6.45, 7) is 5.21. The van der Waals surface area contributed by atoms with Crippen LogP contribution < -0.4 is 5.32 Å². The monoisotopic (exact) mass is 342 g/mol. The zero-order valence-electron chi connectivity index (χ0n) is 12.3. The molecule has 0 aliphatic carbocycles. The molecule has 21 heavy (non-hydrogen) atoms. The molecule has 1 N–H and O–H groups in total. The minimum atomic E-state index is 0.342. The lowest BCUT2D eigenvalue weighted by molar-refractivity contribution is 0.504. The highest BCUT2D eigenvalue weighted by Crippen LogP contribution is 2.23. The first-order chi connectivity index (χ1) is 10.1. The van der Waals surface area contributed by atoms with Crippen molar-refractivity contribution in [3.63, 3.8) is 0 Å². The minimum absolute atomic E-state index is 0.342. The van der Waals surface area contributed by atoms with E-state index in [2.05, 4.69) is 22.6 Å². The molecule has 0 fully saturated rings. The lowest BCUT2D eigenvalue weighted by atomic mass is 10.0. The van der Waals surface area contributed by atoms with E-state index in [-0.39, 0.29) is 0 Å². The van der Waals surface area contributed by atoms with Crippen LogP contribution in [0.4, 0.5) is 0 Å². The average molecular weight is 343 g/mol. The largest absolute Gasteiger partial charge is 0.313 e. The smallest absolute Gasteiger partial charge is 0.0943 e. The highest BCUT2D eigenvalue weighted by atomic mass is 35.5. The number of aryl methyl sites for hydroxylation is 1. The van der Waals surface area contributed by atoms with Crippen molar-refractivity contribution in [2.45, 2.75) is 39.2 Å². The van der Waals surface area contributed by atoms with E-state index in [4.69, 9.17) is 23.2 Å². The second-order valence-corrected chi connectivity index (χ2v) is 6.96. The van der Waals surface area contributed by atoms with E-state index in [1.807, 2.05) is 25.1 Å². The number of thiazole rings is 1. The van der Waals surface area contributed by atoms with E-state index in [0.717, 1.165) is 42.1 Å². The van der Waals surface area contributed by atoms with Gasteiger partial charge in [0.2, 0.25) is 0 Å². The van der Waals surface area contributed by atoms with Gasteiger partial charge in [-0.15, -0.1) is 11.3 Å². The standard InChI is InChI=1S/C16H20Cl2N2S/c1-3-6-19-14(9-16-20-11(2)10-21-16)7-12-4-5-13(17)8-15(12)18/h4-5,8,10,14,19H,3,6-7,9H2,1-2H3. The molecule has 0 spiro atoms. The summed E-state index contributed by atoms with van der Waals surface area (Å²) in [7, 11) is 0. The van der Waals surface area contributed by atoms with Crippen LogP contribution in [0.2, 0.25) is 10.0 Å². The molecule has 0 aliphatic rings. The molecule has 1 unspecified atom stereocenters. The molecule has 1 heterocycles. The van der Waals surface area contributed by atoms with Crippen molar-refractivity contribution in [1.82, 2.24) is 10.3 Å². The molecule has 0 saturated heterocycles. The Morgan fingerprint density at radius 1 is 1.29 bits per heavy atom. The first-order valence-corrected chi connectivity index (χ1v) is 8.80. The summed E-state index contributed by atoms with van der Waals surface area (Å²) >= 11 is 14.0. The first kappa shape index (κ1) is 16.8. The third-order valence-corrected chi connectivity index (χ3v) is 4.83. The summed E-state index contributed by atoms with van der Waals surface area (Å²) in [6, 6.07) is 6.06. The summed E-state index contributed by atoms with van der Waals surface area (Å²) in [5, 5.41) is 8.28. The van der Waals surface area contributed by atoms with Gasteiger partial charge < -0.3 is 5.32 Å². The number of hydrogen-bond donors (Lipinski definition) is 1. The topological polar surface area (TPSA) is 24.9 Å². The first-order valence-electron chi connectivity index (χ1n) is 7.16. The molecule has 2 nitrogen and oxygen atoms in total. The third-order valence-electron chi connectivity index (χ3n) is 3.25. The Bertz CT molecular complexity index is 583. The Morgan fingerprint density at radius 3 is 2.71 bits per heavy atom. The predicted octanol–water partition coefficient (Wildman–Crippen LogP) is 4.91. The van der Waals surface area contributed by atoms with Crippen molar-refractivity contribution in [3.8, 4) is 0 Å². The SMILES string of the molecule is CCCNC(Cc1nc(C)cs1)Cc1ccc(Cl)cc1Cl. The molecule has 2 rings (SSSR count). The number of rotatable bonds is 7. The zero-order valence-corrected chi connectivity index (χ0v) is 14.7. The van der Waals surface area contributed by atoms with Crippen LogP contribution >= 0.6 is 34.5 Å². The molecule has 0 saturated carbocycles. The maximum Gasteiger partial charge on any atom is 0.0943 e. The number of aromatic nitrogens is 1. The molecular weight excluding hydrogens is 323 g/mol. The van der Waals surface area contributed by atoms with Crippen molar-refractivity contribution in [2.24, 2.45) is 0 Å². The van der Waals surface area contributed by atoms with E-state index in [1.165, 1.54) is 5.01 Å². The fraction of sp³-hybridized carbons (Fsp3) is 0.438. The fourth-order valence-corrected chi connectivity index (χ4v) is 3.56.